The molecule has 1 saturated heterocycles. The highest BCUT2D eigenvalue weighted by Crippen LogP contribution is 2.34. The maximum Gasteiger partial charge on any atom is 0.306 e. The molecular weight excluding hydrogens is 318 g/mol. The zero-order valence-corrected chi connectivity index (χ0v) is 14.7. The van der Waals surface area contributed by atoms with E-state index in [-0.39, 0.29) is 6.42 Å². The highest BCUT2D eigenvalue weighted by Gasteiger charge is 2.37. The third kappa shape index (κ3) is 5.16. The van der Waals surface area contributed by atoms with Gasteiger partial charge in [-0.25, -0.2) is 0 Å². The Labute approximate surface area is 149 Å². The summed E-state index contributed by atoms with van der Waals surface area (Å²) in [6.45, 7) is 3.20. The van der Waals surface area contributed by atoms with Gasteiger partial charge in [-0.3, -0.25) is 9.78 Å². The van der Waals surface area contributed by atoms with E-state index in [1.165, 1.54) is 12.8 Å². The average Bonchev–Trinajstić information content (AvgIpc) is 2.61. The van der Waals surface area contributed by atoms with Crippen LogP contribution in [0, 0.1) is 5.92 Å². The molecule has 0 spiro atoms. The van der Waals surface area contributed by atoms with Crippen molar-refractivity contribution in [2.45, 2.75) is 56.6 Å². The second-order valence-corrected chi connectivity index (χ2v) is 7.62. The molecule has 3 N–H and O–H groups in total. The van der Waals surface area contributed by atoms with Gasteiger partial charge < -0.3 is 20.4 Å². The van der Waals surface area contributed by atoms with Crippen LogP contribution in [0.2, 0.25) is 0 Å². The molecule has 0 bridgehead atoms. The van der Waals surface area contributed by atoms with E-state index in [0.29, 0.717) is 24.8 Å². The number of piperidine rings is 1. The fourth-order valence-corrected chi connectivity index (χ4v) is 4.22. The number of likely N-dealkylation sites (tertiary alicyclic amines) is 1. The molecule has 0 radical (unpaired) electrons. The second kappa shape index (κ2) is 8.15. The molecule has 2 fully saturated rings. The smallest absolute Gasteiger partial charge is 0.306 e. The van der Waals surface area contributed by atoms with Gasteiger partial charge in [0.05, 0.1) is 12.0 Å². The highest BCUT2D eigenvalue weighted by atomic mass is 16.4. The van der Waals surface area contributed by atoms with Crippen LogP contribution in [0.25, 0.3) is 0 Å². The Bertz CT molecular complexity index is 550. The number of aliphatic hydroxyl groups is 1. The molecule has 1 aliphatic carbocycles. The number of carboxylic acid groups (broad SMARTS) is 1. The van der Waals surface area contributed by atoms with E-state index in [1.807, 2.05) is 12.1 Å². The van der Waals surface area contributed by atoms with E-state index in [0.717, 1.165) is 38.2 Å². The first-order chi connectivity index (χ1) is 12.0. The molecule has 6 nitrogen and oxygen atoms in total. The number of nitrogens with zero attached hydrogens (tertiary/aromatic N) is 2. The Kier molecular flexibility index (Phi) is 5.91. The standard InChI is InChI=1S/C19H29N3O3/c23-18(24)13-19(25)7-1-17(2-8-19)22-11-5-15(6-12-22)14-21-16-3-9-20-10-4-16/h3-4,9-10,15,17,25H,1-2,5-8,11-14H2,(H,20,21)(H,23,24). The fourth-order valence-electron chi connectivity index (χ4n) is 4.22. The summed E-state index contributed by atoms with van der Waals surface area (Å²) >= 11 is 0. The van der Waals surface area contributed by atoms with Crippen molar-refractivity contribution < 1.29 is 15.0 Å². The summed E-state index contributed by atoms with van der Waals surface area (Å²) in [5.41, 5.74) is 0.136. The number of hydrogen-bond acceptors (Lipinski definition) is 5. The number of rotatable bonds is 6. The summed E-state index contributed by atoms with van der Waals surface area (Å²) < 4.78 is 0. The van der Waals surface area contributed by atoms with Crippen molar-refractivity contribution in [2.75, 3.05) is 25.0 Å². The molecule has 6 heteroatoms. The first-order valence-electron chi connectivity index (χ1n) is 9.36. The number of pyridine rings is 1. The predicted octanol–water partition coefficient (Wildman–Crippen LogP) is 2.35. The zero-order valence-electron chi connectivity index (χ0n) is 14.7. The third-order valence-electron chi connectivity index (χ3n) is 5.81. The van der Waals surface area contributed by atoms with E-state index >= 15 is 0 Å². The number of carboxylic acids is 1. The first-order valence-corrected chi connectivity index (χ1v) is 9.36. The number of aliphatic carboxylic acids is 1. The minimum atomic E-state index is -0.991. The molecular formula is C19H29N3O3. The van der Waals surface area contributed by atoms with Gasteiger partial charge in [0.15, 0.2) is 0 Å². The molecule has 25 heavy (non-hydrogen) atoms. The van der Waals surface area contributed by atoms with Crippen LogP contribution >= 0.6 is 0 Å². The number of carbonyl (C=O) groups is 1. The van der Waals surface area contributed by atoms with Gasteiger partial charge in [-0.15, -0.1) is 0 Å². The molecule has 0 atom stereocenters. The van der Waals surface area contributed by atoms with Crippen LogP contribution in [-0.4, -0.2) is 57.3 Å². The van der Waals surface area contributed by atoms with Gasteiger partial charge >= 0.3 is 5.97 Å². The van der Waals surface area contributed by atoms with Crippen LogP contribution in [-0.2, 0) is 4.79 Å². The topological polar surface area (TPSA) is 85.7 Å². The summed E-state index contributed by atoms with van der Waals surface area (Å²) in [5, 5.41) is 22.8. The average molecular weight is 347 g/mol. The van der Waals surface area contributed by atoms with Gasteiger partial charge in [-0.1, -0.05) is 0 Å². The summed E-state index contributed by atoms with van der Waals surface area (Å²) in [6, 6.07) is 4.49. The van der Waals surface area contributed by atoms with Crippen LogP contribution in [0.15, 0.2) is 24.5 Å². The van der Waals surface area contributed by atoms with Gasteiger partial charge in [0.25, 0.3) is 0 Å². The number of hydrogen-bond donors (Lipinski definition) is 3. The lowest BCUT2D eigenvalue weighted by atomic mass is 9.79. The predicted molar refractivity (Wildman–Crippen MR) is 96.5 cm³/mol. The van der Waals surface area contributed by atoms with Crippen LogP contribution in [0.3, 0.4) is 0 Å². The summed E-state index contributed by atoms with van der Waals surface area (Å²) in [7, 11) is 0. The highest BCUT2D eigenvalue weighted by molar-refractivity contribution is 5.68. The van der Waals surface area contributed by atoms with Crippen molar-refractivity contribution in [3.8, 4) is 0 Å². The van der Waals surface area contributed by atoms with Crippen LogP contribution < -0.4 is 5.32 Å². The van der Waals surface area contributed by atoms with E-state index < -0.39 is 11.6 Å². The van der Waals surface area contributed by atoms with Gasteiger partial charge in [0.1, 0.15) is 0 Å². The quantitative estimate of drug-likeness (QED) is 0.732. The fraction of sp³-hybridized carbons (Fsp3) is 0.684. The molecule has 1 aromatic heterocycles. The van der Waals surface area contributed by atoms with Gasteiger partial charge in [-0.2, -0.15) is 0 Å². The normalized spacial score (nSPS) is 28.6. The Hall–Kier alpha value is -1.66. The molecule has 2 heterocycles. The molecule has 1 saturated carbocycles. The van der Waals surface area contributed by atoms with Gasteiger partial charge in [0, 0.05) is 30.7 Å². The Morgan fingerprint density at radius 1 is 1.20 bits per heavy atom. The third-order valence-corrected chi connectivity index (χ3v) is 5.81. The van der Waals surface area contributed by atoms with Crippen molar-refractivity contribution in [2.24, 2.45) is 5.92 Å². The molecule has 138 valence electrons. The van der Waals surface area contributed by atoms with E-state index in [4.69, 9.17) is 5.11 Å². The monoisotopic (exact) mass is 347 g/mol. The van der Waals surface area contributed by atoms with Crippen LogP contribution in [0.4, 0.5) is 5.69 Å². The maximum atomic E-state index is 10.9. The van der Waals surface area contributed by atoms with Crippen molar-refractivity contribution in [1.29, 1.82) is 0 Å². The zero-order chi connectivity index (χ0) is 17.7. The molecule has 1 aliphatic heterocycles. The first kappa shape index (κ1) is 18.1. The number of anilines is 1. The Morgan fingerprint density at radius 2 is 1.84 bits per heavy atom. The minimum absolute atomic E-state index is 0.123. The van der Waals surface area contributed by atoms with E-state index in [9.17, 15) is 9.90 Å². The lowest BCUT2D eigenvalue weighted by molar-refractivity contribution is -0.144. The van der Waals surface area contributed by atoms with E-state index in [2.05, 4.69) is 15.2 Å². The molecule has 1 aromatic rings. The van der Waals surface area contributed by atoms with Gasteiger partial charge in [-0.05, 0) is 69.7 Å². The van der Waals surface area contributed by atoms with Crippen molar-refractivity contribution >= 4 is 11.7 Å². The number of aromatic nitrogens is 1. The summed E-state index contributed by atoms with van der Waals surface area (Å²) in [5.74, 6) is -0.208. The van der Waals surface area contributed by atoms with Crippen LogP contribution in [0.5, 0.6) is 0 Å². The summed E-state index contributed by atoms with van der Waals surface area (Å²) in [6.07, 6.45) is 8.89. The van der Waals surface area contributed by atoms with E-state index in [1.54, 1.807) is 12.4 Å². The molecule has 2 aliphatic rings. The SMILES string of the molecule is O=C(O)CC1(O)CCC(N2CCC(CNc3ccncc3)CC2)CC1. The minimum Gasteiger partial charge on any atom is -0.481 e. The largest absolute Gasteiger partial charge is 0.481 e. The number of nitrogens with one attached hydrogen (secondary N) is 1. The Balaban J connectivity index is 1.39. The molecule has 0 aromatic carbocycles. The molecule has 0 unspecified atom stereocenters. The lowest BCUT2D eigenvalue weighted by Crippen LogP contribution is -2.47. The summed E-state index contributed by atoms with van der Waals surface area (Å²) in [4.78, 5) is 17.5. The maximum absolute atomic E-state index is 10.9. The second-order valence-electron chi connectivity index (χ2n) is 7.62. The van der Waals surface area contributed by atoms with Crippen molar-refractivity contribution in [3.05, 3.63) is 24.5 Å². The lowest BCUT2D eigenvalue weighted by Gasteiger charge is -2.43. The Morgan fingerprint density at radius 3 is 2.44 bits per heavy atom. The van der Waals surface area contributed by atoms with Crippen LogP contribution in [0.1, 0.15) is 44.9 Å². The van der Waals surface area contributed by atoms with Crippen molar-refractivity contribution in [3.63, 3.8) is 0 Å². The molecule has 3 rings (SSSR count). The van der Waals surface area contributed by atoms with Gasteiger partial charge in [0.2, 0.25) is 0 Å². The molecule has 0 amide bonds. The van der Waals surface area contributed by atoms with Crippen molar-refractivity contribution in [1.82, 2.24) is 9.88 Å².